The highest BCUT2D eigenvalue weighted by molar-refractivity contribution is 6.32. The predicted molar refractivity (Wildman–Crippen MR) is 80.2 cm³/mol. The van der Waals surface area contributed by atoms with Gasteiger partial charge < -0.3 is 19.5 Å². The van der Waals surface area contributed by atoms with Crippen molar-refractivity contribution < 1.29 is 19.4 Å². The van der Waals surface area contributed by atoms with Crippen molar-refractivity contribution in [2.24, 2.45) is 0 Å². The number of carbonyl (C=O) groups is 1. The van der Waals surface area contributed by atoms with Gasteiger partial charge in [0.05, 0.1) is 30.4 Å². The quantitative estimate of drug-likeness (QED) is 0.912. The molecule has 1 aromatic rings. The van der Waals surface area contributed by atoms with Gasteiger partial charge in [0, 0.05) is 12.1 Å². The van der Waals surface area contributed by atoms with Crippen LogP contribution in [0.15, 0.2) is 12.1 Å². The first-order valence-corrected chi connectivity index (χ1v) is 7.14. The minimum Gasteiger partial charge on any atom is -0.503 e. The number of morpholine rings is 1. The molecular weight excluding hydrogens is 294 g/mol. The summed E-state index contributed by atoms with van der Waals surface area (Å²) in [6.45, 7) is 6.81. The minimum atomic E-state index is -0.382. The van der Waals surface area contributed by atoms with Gasteiger partial charge in [0.2, 0.25) is 0 Å². The summed E-state index contributed by atoms with van der Waals surface area (Å²) in [5.41, 5.74) is 0.00617. The molecule has 21 heavy (non-hydrogen) atoms. The number of benzene rings is 1. The largest absolute Gasteiger partial charge is 0.503 e. The maximum absolute atomic E-state index is 12.7. The lowest BCUT2D eigenvalue weighted by Gasteiger charge is -2.42. The number of phenolic OH excluding ortho intramolecular Hbond substituents is 1. The van der Waals surface area contributed by atoms with E-state index < -0.39 is 0 Å². The highest BCUT2D eigenvalue weighted by atomic mass is 35.5. The molecule has 1 saturated heterocycles. The summed E-state index contributed by atoms with van der Waals surface area (Å²) in [6.07, 6.45) is 0. The van der Waals surface area contributed by atoms with Crippen LogP contribution in [-0.2, 0) is 4.74 Å². The average Bonchev–Trinajstić information content (AvgIpc) is 2.43. The molecule has 1 fully saturated rings. The number of hydrogen-bond donors (Lipinski definition) is 1. The molecule has 0 unspecified atom stereocenters. The summed E-state index contributed by atoms with van der Waals surface area (Å²) >= 11 is 5.95. The molecule has 1 aliphatic heterocycles. The molecule has 0 spiro atoms. The van der Waals surface area contributed by atoms with Gasteiger partial charge >= 0.3 is 0 Å². The first-order valence-electron chi connectivity index (χ1n) is 6.76. The van der Waals surface area contributed by atoms with E-state index in [2.05, 4.69) is 0 Å². The molecule has 0 saturated carbocycles. The molecule has 0 bridgehead atoms. The number of rotatable bonds is 2. The summed E-state index contributed by atoms with van der Waals surface area (Å²) in [6, 6.07) is 2.93. The van der Waals surface area contributed by atoms with Crippen molar-refractivity contribution in [2.45, 2.75) is 32.4 Å². The van der Waals surface area contributed by atoms with Crippen molar-refractivity contribution in [3.63, 3.8) is 0 Å². The van der Waals surface area contributed by atoms with Gasteiger partial charge in [0.25, 0.3) is 5.91 Å². The van der Waals surface area contributed by atoms with Crippen LogP contribution in [0.2, 0.25) is 5.02 Å². The van der Waals surface area contributed by atoms with Crippen molar-refractivity contribution in [3.05, 3.63) is 22.7 Å². The Morgan fingerprint density at radius 3 is 2.81 bits per heavy atom. The molecule has 1 aromatic carbocycles. The van der Waals surface area contributed by atoms with Gasteiger partial charge in [-0.15, -0.1) is 0 Å². The molecule has 0 radical (unpaired) electrons. The maximum Gasteiger partial charge on any atom is 0.254 e. The zero-order valence-corrected chi connectivity index (χ0v) is 13.4. The molecule has 6 heteroatoms. The molecule has 2 rings (SSSR count). The number of nitrogens with zero attached hydrogens (tertiary/aromatic N) is 1. The van der Waals surface area contributed by atoms with E-state index in [4.69, 9.17) is 21.1 Å². The molecule has 1 amide bonds. The maximum atomic E-state index is 12.7. The lowest BCUT2D eigenvalue weighted by atomic mass is 10.0. The van der Waals surface area contributed by atoms with Gasteiger partial charge in [-0.3, -0.25) is 4.79 Å². The Morgan fingerprint density at radius 2 is 2.19 bits per heavy atom. The SMILES string of the molecule is COc1cc(C(=O)N2CC(C)(C)OC[C@@H]2C)cc(Cl)c1O. The second-order valence-electron chi connectivity index (χ2n) is 5.86. The van der Waals surface area contributed by atoms with E-state index in [0.29, 0.717) is 18.7 Å². The van der Waals surface area contributed by atoms with E-state index in [1.54, 1.807) is 4.90 Å². The summed E-state index contributed by atoms with van der Waals surface area (Å²) in [5.74, 6) is -0.129. The van der Waals surface area contributed by atoms with E-state index in [1.807, 2.05) is 20.8 Å². The third-order valence-electron chi connectivity index (χ3n) is 3.55. The Bertz CT molecular complexity index is 559. The molecule has 1 N–H and O–H groups in total. The van der Waals surface area contributed by atoms with Gasteiger partial charge in [-0.25, -0.2) is 0 Å². The first-order chi connectivity index (χ1) is 9.75. The van der Waals surface area contributed by atoms with Crippen molar-refractivity contribution in [1.29, 1.82) is 0 Å². The van der Waals surface area contributed by atoms with Gasteiger partial charge in [-0.05, 0) is 32.9 Å². The van der Waals surface area contributed by atoms with Crippen LogP contribution in [0.5, 0.6) is 11.5 Å². The van der Waals surface area contributed by atoms with E-state index in [0.717, 1.165) is 0 Å². The highest BCUT2D eigenvalue weighted by Crippen LogP contribution is 2.35. The third kappa shape index (κ3) is 3.24. The van der Waals surface area contributed by atoms with E-state index >= 15 is 0 Å². The third-order valence-corrected chi connectivity index (χ3v) is 3.84. The Hall–Kier alpha value is -1.46. The first kappa shape index (κ1) is 15.9. The Morgan fingerprint density at radius 1 is 1.52 bits per heavy atom. The summed E-state index contributed by atoms with van der Waals surface area (Å²) in [5, 5.41) is 9.84. The van der Waals surface area contributed by atoms with Crippen LogP contribution in [0.4, 0.5) is 0 Å². The second-order valence-corrected chi connectivity index (χ2v) is 6.27. The lowest BCUT2D eigenvalue weighted by Crippen LogP contribution is -2.55. The zero-order chi connectivity index (χ0) is 15.8. The molecule has 1 aliphatic rings. The summed E-state index contributed by atoms with van der Waals surface area (Å²) < 4.78 is 10.7. The van der Waals surface area contributed by atoms with E-state index in [9.17, 15) is 9.90 Å². The molecule has 1 atom stereocenters. The normalized spacial score (nSPS) is 21.2. The fourth-order valence-corrected chi connectivity index (χ4v) is 2.55. The molecular formula is C15H20ClNO4. The second kappa shape index (κ2) is 5.73. The number of aromatic hydroxyl groups is 1. The Balaban J connectivity index is 2.33. The van der Waals surface area contributed by atoms with Gasteiger partial charge in [-0.2, -0.15) is 0 Å². The van der Waals surface area contributed by atoms with Crippen LogP contribution in [0.1, 0.15) is 31.1 Å². The fraction of sp³-hybridized carbons (Fsp3) is 0.533. The smallest absolute Gasteiger partial charge is 0.254 e. The Kier molecular flexibility index (Phi) is 4.35. The predicted octanol–water partition coefficient (Wildman–Crippen LogP) is 2.69. The molecule has 116 valence electrons. The number of phenols is 1. The number of halogens is 1. The topological polar surface area (TPSA) is 59.0 Å². The number of methoxy groups -OCH3 is 1. The van der Waals surface area contributed by atoms with Gasteiger partial charge in [0.15, 0.2) is 11.5 Å². The average molecular weight is 314 g/mol. The number of amides is 1. The van der Waals surface area contributed by atoms with Crippen LogP contribution in [0, 0.1) is 0 Å². The van der Waals surface area contributed by atoms with Crippen molar-refractivity contribution >= 4 is 17.5 Å². The van der Waals surface area contributed by atoms with Crippen LogP contribution in [0.3, 0.4) is 0 Å². The standard InChI is InChI=1S/C15H20ClNO4/c1-9-7-21-15(2,3)8-17(9)14(19)10-5-11(16)13(18)12(6-10)20-4/h5-6,9,18H,7-8H2,1-4H3/t9-/m0/s1. The number of carbonyl (C=O) groups excluding carboxylic acids is 1. The van der Waals surface area contributed by atoms with Crippen molar-refractivity contribution in [3.8, 4) is 11.5 Å². The molecule has 1 heterocycles. The fourth-order valence-electron chi connectivity index (χ4n) is 2.34. The number of ether oxygens (including phenoxy) is 2. The Labute approximate surface area is 129 Å². The van der Waals surface area contributed by atoms with Crippen LogP contribution < -0.4 is 4.74 Å². The highest BCUT2D eigenvalue weighted by Gasteiger charge is 2.35. The zero-order valence-electron chi connectivity index (χ0n) is 12.6. The van der Waals surface area contributed by atoms with Gasteiger partial charge in [-0.1, -0.05) is 11.6 Å². The molecule has 0 aromatic heterocycles. The van der Waals surface area contributed by atoms with Crippen LogP contribution >= 0.6 is 11.6 Å². The lowest BCUT2D eigenvalue weighted by molar-refractivity contribution is -0.0980. The number of hydrogen-bond acceptors (Lipinski definition) is 4. The monoisotopic (exact) mass is 313 g/mol. The van der Waals surface area contributed by atoms with Crippen LogP contribution in [0.25, 0.3) is 0 Å². The molecule has 5 nitrogen and oxygen atoms in total. The minimum absolute atomic E-state index is 0.0240. The van der Waals surface area contributed by atoms with E-state index in [1.165, 1.54) is 19.2 Å². The van der Waals surface area contributed by atoms with Crippen LogP contribution in [-0.4, -0.2) is 47.8 Å². The summed E-state index contributed by atoms with van der Waals surface area (Å²) in [4.78, 5) is 14.5. The van der Waals surface area contributed by atoms with Crippen molar-refractivity contribution in [2.75, 3.05) is 20.3 Å². The van der Waals surface area contributed by atoms with E-state index in [-0.39, 0.29) is 34.1 Å². The molecule has 0 aliphatic carbocycles. The van der Waals surface area contributed by atoms with Crippen molar-refractivity contribution in [1.82, 2.24) is 4.90 Å². The summed E-state index contributed by atoms with van der Waals surface area (Å²) in [7, 11) is 1.42. The van der Waals surface area contributed by atoms with Gasteiger partial charge in [0.1, 0.15) is 0 Å².